The molecule has 1 aliphatic carbocycles. The molecule has 1 saturated carbocycles. The lowest BCUT2D eigenvalue weighted by molar-refractivity contribution is -0.119. The first-order chi connectivity index (χ1) is 13.9. The normalized spacial score (nSPS) is 24.4. The van der Waals surface area contributed by atoms with E-state index in [0.717, 1.165) is 24.2 Å². The third-order valence-electron chi connectivity index (χ3n) is 6.16. The van der Waals surface area contributed by atoms with Crippen molar-refractivity contribution in [2.75, 3.05) is 33.9 Å². The maximum Gasteiger partial charge on any atom is 0.409 e. The number of benzene rings is 1. The van der Waals surface area contributed by atoms with Crippen LogP contribution in [0.2, 0.25) is 0 Å². The molecule has 1 saturated heterocycles. The van der Waals surface area contributed by atoms with Gasteiger partial charge in [-0.1, -0.05) is 13.0 Å². The van der Waals surface area contributed by atoms with Crippen molar-refractivity contribution >= 4 is 12.0 Å². The molecule has 7 heteroatoms. The average Bonchev–Trinajstić information content (AvgIpc) is 3.34. The maximum atomic E-state index is 12.2. The third-order valence-corrected chi connectivity index (χ3v) is 6.16. The lowest BCUT2D eigenvalue weighted by atomic mass is 9.76. The number of nitrogens with zero attached hydrogens (tertiary/aromatic N) is 1. The van der Waals surface area contributed by atoms with Crippen LogP contribution in [0, 0.1) is 5.41 Å². The molecule has 29 heavy (non-hydrogen) atoms. The van der Waals surface area contributed by atoms with Crippen molar-refractivity contribution in [3.8, 4) is 11.5 Å². The molecule has 1 heterocycles. The Labute approximate surface area is 172 Å². The maximum absolute atomic E-state index is 12.2. The minimum Gasteiger partial charge on any atom is -0.493 e. The molecule has 0 radical (unpaired) electrons. The number of carbonyl (C=O) groups excluding carboxylic acids is 2. The molecule has 7 nitrogen and oxygen atoms in total. The molecule has 1 unspecified atom stereocenters. The number of amides is 2. The Balaban J connectivity index is 1.89. The zero-order valence-electron chi connectivity index (χ0n) is 17.8. The second-order valence-corrected chi connectivity index (χ2v) is 8.40. The van der Waals surface area contributed by atoms with E-state index in [1.54, 1.807) is 12.0 Å². The molecule has 1 aliphatic heterocycles. The van der Waals surface area contributed by atoms with E-state index in [1.165, 1.54) is 26.9 Å². The van der Waals surface area contributed by atoms with E-state index in [1.807, 2.05) is 18.2 Å². The fraction of sp³-hybridized carbons (Fsp3) is 0.636. The third kappa shape index (κ3) is 4.77. The molecule has 2 aliphatic rings. The summed E-state index contributed by atoms with van der Waals surface area (Å²) in [6.45, 7) is 5.11. The smallest absolute Gasteiger partial charge is 0.409 e. The highest BCUT2D eigenvalue weighted by Crippen LogP contribution is 2.45. The first kappa shape index (κ1) is 21.3. The van der Waals surface area contributed by atoms with Gasteiger partial charge in [0.25, 0.3) is 0 Å². The summed E-state index contributed by atoms with van der Waals surface area (Å²) in [5, 5.41) is 2.93. The number of methoxy groups -OCH3 is 2. The highest BCUT2D eigenvalue weighted by molar-refractivity contribution is 5.73. The van der Waals surface area contributed by atoms with Gasteiger partial charge in [0.1, 0.15) is 0 Å². The second kappa shape index (κ2) is 8.93. The zero-order chi connectivity index (χ0) is 21.0. The predicted octanol–water partition coefficient (Wildman–Crippen LogP) is 3.32. The van der Waals surface area contributed by atoms with Crippen LogP contribution in [0.15, 0.2) is 18.2 Å². The summed E-state index contributed by atoms with van der Waals surface area (Å²) >= 11 is 0. The summed E-state index contributed by atoms with van der Waals surface area (Å²) in [7, 11) is 3.04. The van der Waals surface area contributed by atoms with Gasteiger partial charge in [-0.2, -0.15) is 0 Å². The molecule has 1 N–H and O–H groups in total. The van der Waals surface area contributed by atoms with Crippen molar-refractivity contribution in [1.29, 1.82) is 0 Å². The second-order valence-electron chi connectivity index (χ2n) is 8.40. The number of hydrogen-bond donors (Lipinski definition) is 1. The molecule has 0 bridgehead atoms. The van der Waals surface area contributed by atoms with Gasteiger partial charge < -0.3 is 24.4 Å². The average molecular weight is 405 g/mol. The highest BCUT2D eigenvalue weighted by atomic mass is 16.5. The van der Waals surface area contributed by atoms with E-state index in [4.69, 9.17) is 14.2 Å². The van der Waals surface area contributed by atoms with Crippen molar-refractivity contribution in [3.05, 3.63) is 23.8 Å². The highest BCUT2D eigenvalue weighted by Gasteiger charge is 2.46. The molecule has 2 amide bonds. The van der Waals surface area contributed by atoms with Crippen LogP contribution in [-0.4, -0.2) is 56.9 Å². The first-order valence-corrected chi connectivity index (χ1v) is 10.3. The molecule has 3 rings (SSSR count). The number of hydrogen-bond acceptors (Lipinski definition) is 5. The summed E-state index contributed by atoms with van der Waals surface area (Å²) in [5.74, 6) is 1.41. The first-order valence-electron chi connectivity index (χ1n) is 10.3. The summed E-state index contributed by atoms with van der Waals surface area (Å²) < 4.78 is 16.7. The Kier molecular flexibility index (Phi) is 6.55. The standard InChI is InChI=1S/C22H32N2O5/c1-15(25)23-13-22(2)14-24(21(26)28-4)12-18(22)16-9-10-19(27-3)20(11-16)29-17-7-5-6-8-17/h9-11,17-18H,5-8,12-14H2,1-4H3,(H,23,25)/t18?,22-/m1/s1. The number of rotatable bonds is 6. The molecule has 0 aromatic heterocycles. The van der Waals surface area contributed by atoms with E-state index >= 15 is 0 Å². The lowest BCUT2D eigenvalue weighted by Gasteiger charge is -2.31. The summed E-state index contributed by atoms with van der Waals surface area (Å²) in [6, 6.07) is 5.99. The lowest BCUT2D eigenvalue weighted by Crippen LogP contribution is -2.40. The Hall–Kier alpha value is -2.44. The van der Waals surface area contributed by atoms with Crippen LogP contribution in [0.3, 0.4) is 0 Å². The zero-order valence-corrected chi connectivity index (χ0v) is 17.8. The minimum atomic E-state index is -0.350. The Morgan fingerprint density at radius 3 is 2.55 bits per heavy atom. The Morgan fingerprint density at radius 1 is 1.21 bits per heavy atom. The van der Waals surface area contributed by atoms with Crippen molar-refractivity contribution in [1.82, 2.24) is 10.2 Å². The van der Waals surface area contributed by atoms with Crippen LogP contribution >= 0.6 is 0 Å². The van der Waals surface area contributed by atoms with Crippen LogP contribution in [0.1, 0.15) is 51.0 Å². The molecule has 2 atom stereocenters. The van der Waals surface area contributed by atoms with E-state index in [9.17, 15) is 9.59 Å². The fourth-order valence-electron chi connectivity index (χ4n) is 4.52. The Morgan fingerprint density at radius 2 is 1.93 bits per heavy atom. The van der Waals surface area contributed by atoms with Gasteiger partial charge >= 0.3 is 6.09 Å². The van der Waals surface area contributed by atoms with Crippen LogP contribution < -0.4 is 14.8 Å². The van der Waals surface area contributed by atoms with Gasteiger partial charge in [0, 0.05) is 37.9 Å². The van der Waals surface area contributed by atoms with Gasteiger partial charge in [-0.3, -0.25) is 4.79 Å². The van der Waals surface area contributed by atoms with Crippen molar-refractivity contribution in [2.24, 2.45) is 5.41 Å². The Bertz CT molecular complexity index is 747. The van der Waals surface area contributed by atoms with Gasteiger partial charge in [-0.15, -0.1) is 0 Å². The fourth-order valence-corrected chi connectivity index (χ4v) is 4.52. The van der Waals surface area contributed by atoms with Gasteiger partial charge in [-0.05, 0) is 43.4 Å². The van der Waals surface area contributed by atoms with E-state index in [0.29, 0.717) is 25.4 Å². The van der Waals surface area contributed by atoms with Crippen molar-refractivity contribution in [3.63, 3.8) is 0 Å². The topological polar surface area (TPSA) is 77.1 Å². The number of nitrogens with one attached hydrogen (secondary N) is 1. The number of likely N-dealkylation sites (tertiary alicyclic amines) is 1. The summed E-state index contributed by atoms with van der Waals surface area (Å²) in [5.41, 5.74) is 0.747. The van der Waals surface area contributed by atoms with Crippen molar-refractivity contribution in [2.45, 2.75) is 51.6 Å². The van der Waals surface area contributed by atoms with Gasteiger partial charge in [0.2, 0.25) is 5.91 Å². The quantitative estimate of drug-likeness (QED) is 0.787. The van der Waals surface area contributed by atoms with Crippen molar-refractivity contribution < 1.29 is 23.8 Å². The van der Waals surface area contributed by atoms with E-state index < -0.39 is 0 Å². The van der Waals surface area contributed by atoms with E-state index in [-0.39, 0.29) is 29.4 Å². The minimum absolute atomic E-state index is 0.0327. The molecular weight excluding hydrogens is 372 g/mol. The monoisotopic (exact) mass is 404 g/mol. The molecule has 2 fully saturated rings. The van der Waals surface area contributed by atoms with Gasteiger partial charge in [-0.25, -0.2) is 4.79 Å². The van der Waals surface area contributed by atoms with E-state index in [2.05, 4.69) is 12.2 Å². The predicted molar refractivity (Wildman–Crippen MR) is 109 cm³/mol. The number of carbonyl (C=O) groups is 2. The van der Waals surface area contributed by atoms with Gasteiger partial charge in [0.15, 0.2) is 11.5 Å². The SMILES string of the molecule is COC(=O)N1CC(c2ccc(OC)c(OC3CCCC3)c2)[C@](C)(CNC(C)=O)C1. The molecule has 0 spiro atoms. The van der Waals surface area contributed by atoms with Gasteiger partial charge in [0.05, 0.1) is 20.3 Å². The molecule has 160 valence electrons. The van der Waals surface area contributed by atoms with Crippen LogP contribution in [0.5, 0.6) is 11.5 Å². The molecular formula is C22H32N2O5. The van der Waals surface area contributed by atoms with Crippen LogP contribution in [0.25, 0.3) is 0 Å². The molecule has 1 aromatic carbocycles. The van der Waals surface area contributed by atoms with Crippen LogP contribution in [-0.2, 0) is 9.53 Å². The molecule has 1 aromatic rings. The largest absolute Gasteiger partial charge is 0.493 e. The van der Waals surface area contributed by atoms with Crippen LogP contribution in [0.4, 0.5) is 4.79 Å². The summed E-state index contributed by atoms with van der Waals surface area (Å²) in [6.07, 6.45) is 4.38. The summed E-state index contributed by atoms with van der Waals surface area (Å²) in [4.78, 5) is 25.4. The number of ether oxygens (including phenoxy) is 3.